The van der Waals surface area contributed by atoms with E-state index in [-0.39, 0.29) is 11.2 Å². The summed E-state index contributed by atoms with van der Waals surface area (Å²) in [5.41, 5.74) is 2.13. The number of allylic oxidation sites excluding steroid dienone is 1. The van der Waals surface area contributed by atoms with Crippen LogP contribution in [0.15, 0.2) is 72.4 Å². The predicted molar refractivity (Wildman–Crippen MR) is 121 cm³/mol. The number of rotatable bonds is 10. The van der Waals surface area contributed by atoms with E-state index in [1.807, 2.05) is 66.1 Å². The number of benzene rings is 2. The Kier molecular flexibility index (Phi) is 7.68. The monoisotopic (exact) mass is 422 g/mol. The molecule has 1 atom stereocenters. The Bertz CT molecular complexity index is 971. The highest BCUT2D eigenvalue weighted by Gasteiger charge is 2.20. The molecule has 0 saturated heterocycles. The minimum absolute atomic E-state index is 0.0251. The van der Waals surface area contributed by atoms with Crippen molar-refractivity contribution in [1.82, 2.24) is 20.1 Å². The molecule has 30 heavy (non-hydrogen) atoms. The first kappa shape index (κ1) is 21.6. The largest absolute Gasteiger partial charge is 0.497 e. The predicted octanol–water partition coefficient (Wildman–Crippen LogP) is 3.98. The molecule has 0 aliphatic rings. The lowest BCUT2D eigenvalue weighted by atomic mass is 10.1. The van der Waals surface area contributed by atoms with Crippen LogP contribution >= 0.6 is 11.8 Å². The zero-order valence-corrected chi connectivity index (χ0v) is 18.1. The van der Waals surface area contributed by atoms with Gasteiger partial charge in [-0.1, -0.05) is 60.3 Å². The van der Waals surface area contributed by atoms with Gasteiger partial charge in [-0.05, 0) is 31.0 Å². The summed E-state index contributed by atoms with van der Waals surface area (Å²) in [6.07, 6.45) is 2.57. The highest BCUT2D eigenvalue weighted by Crippen LogP contribution is 2.26. The van der Waals surface area contributed by atoms with Crippen molar-refractivity contribution >= 4 is 17.7 Å². The fourth-order valence-corrected chi connectivity index (χ4v) is 3.83. The maximum absolute atomic E-state index is 12.6. The topological polar surface area (TPSA) is 69.0 Å². The molecule has 156 valence electrons. The number of hydrogen-bond donors (Lipinski definition) is 1. The lowest BCUT2D eigenvalue weighted by molar-refractivity contribution is -0.120. The quantitative estimate of drug-likeness (QED) is 0.395. The Labute approximate surface area is 181 Å². The van der Waals surface area contributed by atoms with E-state index in [2.05, 4.69) is 22.1 Å². The van der Waals surface area contributed by atoms with Gasteiger partial charge in [-0.3, -0.25) is 9.36 Å². The Morgan fingerprint density at radius 2 is 1.93 bits per heavy atom. The number of nitrogens with one attached hydrogen (secondary N) is 1. The fraction of sp³-hybridized carbons (Fsp3) is 0.261. The summed E-state index contributed by atoms with van der Waals surface area (Å²) in [6, 6.07) is 17.7. The Morgan fingerprint density at radius 3 is 2.60 bits per heavy atom. The van der Waals surface area contributed by atoms with Crippen LogP contribution in [0.5, 0.6) is 5.75 Å². The van der Waals surface area contributed by atoms with E-state index in [1.165, 1.54) is 11.8 Å². The number of aromatic nitrogens is 3. The van der Waals surface area contributed by atoms with Crippen LogP contribution in [-0.2, 0) is 17.8 Å². The molecule has 0 saturated carbocycles. The van der Waals surface area contributed by atoms with Gasteiger partial charge in [-0.15, -0.1) is 16.8 Å². The first-order valence-corrected chi connectivity index (χ1v) is 10.7. The van der Waals surface area contributed by atoms with Crippen molar-refractivity contribution in [2.24, 2.45) is 0 Å². The summed E-state index contributed by atoms with van der Waals surface area (Å²) < 4.78 is 7.15. The molecule has 3 rings (SSSR count). The summed E-state index contributed by atoms with van der Waals surface area (Å²) in [6.45, 7) is 6.86. The Hall–Kier alpha value is -3.06. The van der Waals surface area contributed by atoms with Crippen LogP contribution in [0.1, 0.15) is 12.5 Å². The summed E-state index contributed by atoms with van der Waals surface area (Å²) in [5.74, 6) is 1.57. The van der Waals surface area contributed by atoms with E-state index in [4.69, 9.17) is 4.74 Å². The Balaban J connectivity index is 1.59. The molecule has 0 bridgehead atoms. The highest BCUT2D eigenvalue weighted by molar-refractivity contribution is 8.00. The van der Waals surface area contributed by atoms with Crippen molar-refractivity contribution in [3.63, 3.8) is 0 Å². The Morgan fingerprint density at radius 1 is 1.20 bits per heavy atom. The van der Waals surface area contributed by atoms with Gasteiger partial charge in [0, 0.05) is 18.7 Å². The van der Waals surface area contributed by atoms with Gasteiger partial charge in [-0.2, -0.15) is 0 Å². The van der Waals surface area contributed by atoms with Gasteiger partial charge < -0.3 is 10.1 Å². The van der Waals surface area contributed by atoms with Crippen LogP contribution in [0.2, 0.25) is 0 Å². The molecule has 2 aromatic carbocycles. The third-order valence-electron chi connectivity index (χ3n) is 4.58. The summed E-state index contributed by atoms with van der Waals surface area (Å²) in [4.78, 5) is 12.6. The van der Waals surface area contributed by atoms with E-state index in [1.54, 1.807) is 13.2 Å². The normalized spacial score (nSPS) is 11.7. The van der Waals surface area contributed by atoms with Gasteiger partial charge in [0.1, 0.15) is 5.75 Å². The standard InChI is InChI=1S/C23H26N4O2S/c1-4-16-27-21(19-8-6-5-7-9-19)25-26-23(27)30-17(2)22(28)24-15-14-18-10-12-20(29-3)13-11-18/h4-13,17H,1,14-16H2,2-3H3,(H,24,28)/t17-/m0/s1. The number of methoxy groups -OCH3 is 1. The van der Waals surface area contributed by atoms with Crippen LogP contribution in [0, 0.1) is 0 Å². The summed E-state index contributed by atoms with van der Waals surface area (Å²) in [5, 5.41) is 12.1. The average molecular weight is 423 g/mol. The van der Waals surface area contributed by atoms with Gasteiger partial charge >= 0.3 is 0 Å². The molecule has 1 amide bonds. The maximum Gasteiger partial charge on any atom is 0.233 e. The molecule has 1 N–H and O–H groups in total. The highest BCUT2D eigenvalue weighted by atomic mass is 32.2. The van der Waals surface area contributed by atoms with Gasteiger partial charge in [0.05, 0.1) is 12.4 Å². The molecular formula is C23H26N4O2S. The fourth-order valence-electron chi connectivity index (χ4n) is 2.95. The molecule has 0 fully saturated rings. The molecule has 6 nitrogen and oxygen atoms in total. The van der Waals surface area contributed by atoms with E-state index in [0.717, 1.165) is 29.1 Å². The molecule has 0 radical (unpaired) electrons. The summed E-state index contributed by atoms with van der Waals surface area (Å²) >= 11 is 1.40. The number of carbonyl (C=O) groups is 1. The maximum atomic E-state index is 12.6. The van der Waals surface area contributed by atoms with Crippen molar-refractivity contribution in [1.29, 1.82) is 0 Å². The lowest BCUT2D eigenvalue weighted by Gasteiger charge is -2.13. The van der Waals surface area contributed by atoms with Crippen molar-refractivity contribution in [3.05, 3.63) is 72.8 Å². The molecule has 0 spiro atoms. The lowest BCUT2D eigenvalue weighted by Crippen LogP contribution is -2.32. The molecular weight excluding hydrogens is 396 g/mol. The molecule has 1 heterocycles. The zero-order valence-electron chi connectivity index (χ0n) is 17.2. The first-order chi connectivity index (χ1) is 14.6. The van der Waals surface area contributed by atoms with Gasteiger partial charge in [0.2, 0.25) is 5.91 Å². The molecule has 0 unspecified atom stereocenters. The number of carbonyl (C=O) groups excluding carboxylic acids is 1. The van der Waals surface area contributed by atoms with Crippen LogP contribution in [-0.4, -0.2) is 39.6 Å². The first-order valence-electron chi connectivity index (χ1n) is 9.79. The molecule has 1 aromatic heterocycles. The average Bonchev–Trinajstić information content (AvgIpc) is 3.17. The van der Waals surface area contributed by atoms with E-state index < -0.39 is 0 Å². The number of hydrogen-bond acceptors (Lipinski definition) is 5. The third-order valence-corrected chi connectivity index (χ3v) is 5.66. The zero-order chi connectivity index (χ0) is 21.3. The second kappa shape index (κ2) is 10.6. The number of thioether (sulfide) groups is 1. The smallest absolute Gasteiger partial charge is 0.233 e. The van der Waals surface area contributed by atoms with Crippen LogP contribution in [0.25, 0.3) is 11.4 Å². The summed E-state index contributed by atoms with van der Waals surface area (Å²) in [7, 11) is 1.65. The van der Waals surface area contributed by atoms with Crippen molar-refractivity contribution in [3.8, 4) is 17.1 Å². The minimum Gasteiger partial charge on any atom is -0.497 e. The van der Waals surface area contributed by atoms with E-state index in [9.17, 15) is 4.79 Å². The molecule has 7 heteroatoms. The van der Waals surface area contributed by atoms with Crippen LogP contribution in [0.3, 0.4) is 0 Å². The molecule has 0 aliphatic carbocycles. The SMILES string of the molecule is C=CCn1c(S[C@@H](C)C(=O)NCCc2ccc(OC)cc2)nnc1-c1ccccc1. The van der Waals surface area contributed by atoms with E-state index in [0.29, 0.717) is 18.2 Å². The van der Waals surface area contributed by atoms with Crippen molar-refractivity contribution in [2.45, 2.75) is 30.3 Å². The van der Waals surface area contributed by atoms with Gasteiger partial charge in [0.15, 0.2) is 11.0 Å². The second-order valence-electron chi connectivity index (χ2n) is 6.72. The van der Waals surface area contributed by atoms with Crippen LogP contribution < -0.4 is 10.1 Å². The number of ether oxygens (including phenoxy) is 1. The van der Waals surface area contributed by atoms with Crippen molar-refractivity contribution in [2.75, 3.05) is 13.7 Å². The van der Waals surface area contributed by atoms with Gasteiger partial charge in [0.25, 0.3) is 0 Å². The number of nitrogens with zero attached hydrogens (tertiary/aromatic N) is 3. The second-order valence-corrected chi connectivity index (χ2v) is 8.03. The van der Waals surface area contributed by atoms with Crippen LogP contribution in [0.4, 0.5) is 0 Å². The van der Waals surface area contributed by atoms with E-state index >= 15 is 0 Å². The van der Waals surface area contributed by atoms with Gasteiger partial charge in [-0.25, -0.2) is 0 Å². The third kappa shape index (κ3) is 5.51. The molecule has 3 aromatic rings. The number of amides is 1. The van der Waals surface area contributed by atoms with Crippen molar-refractivity contribution < 1.29 is 9.53 Å². The minimum atomic E-state index is -0.294. The molecule has 0 aliphatic heterocycles.